The fraction of sp³-hybridized carbons (Fsp3) is 0.100. The average Bonchev–Trinajstić information content (AvgIpc) is 2.15. The molecular formula is C10H8O6. The summed E-state index contributed by atoms with van der Waals surface area (Å²) in [6.07, 6.45) is 0. The molecule has 84 valence electrons. The van der Waals surface area contributed by atoms with Gasteiger partial charge in [0.2, 0.25) is 0 Å². The topological polar surface area (TPSA) is 112 Å². The average molecular weight is 224 g/mol. The van der Waals surface area contributed by atoms with E-state index in [9.17, 15) is 14.4 Å². The lowest BCUT2D eigenvalue weighted by Crippen LogP contribution is -2.15. The van der Waals surface area contributed by atoms with Crippen LogP contribution in [0.2, 0.25) is 0 Å². The van der Waals surface area contributed by atoms with Crippen molar-refractivity contribution >= 4 is 17.9 Å². The van der Waals surface area contributed by atoms with E-state index in [0.717, 1.165) is 12.1 Å². The van der Waals surface area contributed by atoms with Gasteiger partial charge in [0, 0.05) is 0 Å². The molecule has 0 atom stereocenters. The van der Waals surface area contributed by atoms with Crippen LogP contribution in [0.4, 0.5) is 0 Å². The van der Waals surface area contributed by atoms with E-state index in [-0.39, 0.29) is 0 Å². The SMILES string of the molecule is Cc1cc(C(=O)O)c(C(=O)O)c(C(=O)O)c1. The maximum Gasteiger partial charge on any atom is 0.337 e. The molecule has 0 saturated carbocycles. The van der Waals surface area contributed by atoms with Crippen molar-refractivity contribution in [2.45, 2.75) is 6.92 Å². The first kappa shape index (κ1) is 11.7. The third kappa shape index (κ3) is 2.00. The van der Waals surface area contributed by atoms with E-state index < -0.39 is 34.6 Å². The number of hydrogen-bond acceptors (Lipinski definition) is 3. The van der Waals surface area contributed by atoms with Crippen LogP contribution in [0.3, 0.4) is 0 Å². The number of aryl methyl sites for hydroxylation is 1. The molecule has 16 heavy (non-hydrogen) atoms. The van der Waals surface area contributed by atoms with Gasteiger partial charge < -0.3 is 15.3 Å². The van der Waals surface area contributed by atoms with Gasteiger partial charge in [0.15, 0.2) is 0 Å². The fourth-order valence-electron chi connectivity index (χ4n) is 1.35. The van der Waals surface area contributed by atoms with E-state index in [1.807, 2.05) is 0 Å². The zero-order valence-electron chi connectivity index (χ0n) is 8.22. The second kappa shape index (κ2) is 4.01. The summed E-state index contributed by atoms with van der Waals surface area (Å²) < 4.78 is 0. The highest BCUT2D eigenvalue weighted by Crippen LogP contribution is 2.18. The molecule has 0 radical (unpaired) electrons. The summed E-state index contributed by atoms with van der Waals surface area (Å²) in [5.41, 5.74) is -1.37. The minimum atomic E-state index is -1.57. The summed E-state index contributed by atoms with van der Waals surface area (Å²) >= 11 is 0. The minimum Gasteiger partial charge on any atom is -0.478 e. The van der Waals surface area contributed by atoms with Crippen molar-refractivity contribution in [3.05, 3.63) is 34.4 Å². The highest BCUT2D eigenvalue weighted by atomic mass is 16.4. The lowest BCUT2D eigenvalue weighted by atomic mass is 9.98. The number of carboxylic acids is 3. The number of aromatic carboxylic acids is 3. The molecule has 0 bridgehead atoms. The van der Waals surface area contributed by atoms with Crippen LogP contribution in [0.1, 0.15) is 36.6 Å². The van der Waals surface area contributed by atoms with Gasteiger partial charge in [0.25, 0.3) is 0 Å². The van der Waals surface area contributed by atoms with Crippen molar-refractivity contribution in [1.82, 2.24) is 0 Å². The molecular weight excluding hydrogens is 216 g/mol. The van der Waals surface area contributed by atoms with Crippen molar-refractivity contribution in [1.29, 1.82) is 0 Å². The Labute approximate surface area is 89.8 Å². The van der Waals surface area contributed by atoms with Crippen LogP contribution in [-0.4, -0.2) is 33.2 Å². The molecule has 1 aromatic carbocycles. The third-order valence-corrected chi connectivity index (χ3v) is 1.96. The first-order valence-electron chi connectivity index (χ1n) is 4.19. The lowest BCUT2D eigenvalue weighted by Gasteiger charge is -2.07. The highest BCUT2D eigenvalue weighted by molar-refractivity contribution is 6.09. The molecule has 1 aromatic rings. The minimum absolute atomic E-state index is 0.375. The molecule has 0 spiro atoms. The summed E-state index contributed by atoms with van der Waals surface area (Å²) in [6.45, 7) is 1.49. The van der Waals surface area contributed by atoms with Crippen molar-refractivity contribution in [3.63, 3.8) is 0 Å². The Bertz CT molecular complexity index is 453. The van der Waals surface area contributed by atoms with Crippen LogP contribution in [-0.2, 0) is 0 Å². The van der Waals surface area contributed by atoms with E-state index in [1.165, 1.54) is 6.92 Å². The van der Waals surface area contributed by atoms with Crippen LogP contribution in [0, 0.1) is 6.92 Å². The Morgan fingerprint density at radius 2 is 1.25 bits per heavy atom. The number of carboxylic acid groups (broad SMARTS) is 3. The lowest BCUT2D eigenvalue weighted by molar-refractivity contribution is 0.0633. The van der Waals surface area contributed by atoms with Crippen LogP contribution in [0.5, 0.6) is 0 Å². The largest absolute Gasteiger partial charge is 0.478 e. The fourth-order valence-corrected chi connectivity index (χ4v) is 1.35. The summed E-state index contributed by atoms with van der Waals surface area (Å²) in [7, 11) is 0. The Balaban J connectivity index is 3.67. The van der Waals surface area contributed by atoms with Gasteiger partial charge in [-0.25, -0.2) is 14.4 Å². The molecule has 3 N–H and O–H groups in total. The normalized spacial score (nSPS) is 9.81. The molecule has 1 rings (SSSR count). The first-order valence-corrected chi connectivity index (χ1v) is 4.19. The summed E-state index contributed by atoms with van der Waals surface area (Å²) in [5.74, 6) is -4.51. The van der Waals surface area contributed by atoms with Crippen molar-refractivity contribution < 1.29 is 29.7 Å². The van der Waals surface area contributed by atoms with Gasteiger partial charge in [-0.1, -0.05) is 0 Å². The molecule has 6 heteroatoms. The van der Waals surface area contributed by atoms with Crippen molar-refractivity contribution in [2.24, 2.45) is 0 Å². The van der Waals surface area contributed by atoms with Gasteiger partial charge in [-0.05, 0) is 24.6 Å². The standard InChI is InChI=1S/C10H8O6/c1-4-2-5(8(11)12)7(10(15)16)6(3-4)9(13)14/h2-3H,1H3,(H,11,12)(H,13,14)(H,15,16). The van der Waals surface area contributed by atoms with Crippen LogP contribution in [0.15, 0.2) is 12.1 Å². The second-order valence-electron chi connectivity index (χ2n) is 3.15. The Kier molecular flexibility index (Phi) is 2.94. The molecule has 0 aliphatic rings. The van der Waals surface area contributed by atoms with Gasteiger partial charge in [0.1, 0.15) is 0 Å². The second-order valence-corrected chi connectivity index (χ2v) is 3.15. The van der Waals surface area contributed by atoms with Crippen molar-refractivity contribution in [3.8, 4) is 0 Å². The molecule has 0 unspecified atom stereocenters. The summed E-state index contributed by atoms with van der Waals surface area (Å²) in [4.78, 5) is 32.4. The number of carbonyl (C=O) groups is 3. The number of rotatable bonds is 3. The predicted octanol–water partition coefficient (Wildman–Crippen LogP) is 1.09. The quantitative estimate of drug-likeness (QED) is 0.708. The van der Waals surface area contributed by atoms with Crippen LogP contribution in [0.25, 0.3) is 0 Å². The smallest absolute Gasteiger partial charge is 0.337 e. The number of hydrogen-bond donors (Lipinski definition) is 3. The van der Waals surface area contributed by atoms with E-state index in [2.05, 4.69) is 0 Å². The van der Waals surface area contributed by atoms with E-state index in [0.29, 0.717) is 5.56 Å². The van der Waals surface area contributed by atoms with Gasteiger partial charge in [0.05, 0.1) is 16.7 Å². The Morgan fingerprint density at radius 3 is 1.50 bits per heavy atom. The monoisotopic (exact) mass is 224 g/mol. The molecule has 0 fully saturated rings. The zero-order chi connectivity index (χ0) is 12.5. The first-order chi connectivity index (χ1) is 7.34. The van der Waals surface area contributed by atoms with Gasteiger partial charge in [-0.15, -0.1) is 0 Å². The molecule has 0 aromatic heterocycles. The third-order valence-electron chi connectivity index (χ3n) is 1.96. The van der Waals surface area contributed by atoms with Gasteiger partial charge >= 0.3 is 17.9 Å². The summed E-state index contributed by atoms with van der Waals surface area (Å²) in [5, 5.41) is 26.4. The van der Waals surface area contributed by atoms with Gasteiger partial charge in [-0.2, -0.15) is 0 Å². The summed E-state index contributed by atoms with van der Waals surface area (Å²) in [6, 6.07) is 2.25. The van der Waals surface area contributed by atoms with E-state index >= 15 is 0 Å². The molecule has 6 nitrogen and oxygen atoms in total. The van der Waals surface area contributed by atoms with E-state index in [4.69, 9.17) is 15.3 Å². The Hall–Kier alpha value is -2.37. The van der Waals surface area contributed by atoms with Crippen LogP contribution >= 0.6 is 0 Å². The highest BCUT2D eigenvalue weighted by Gasteiger charge is 2.24. The molecule has 0 aliphatic carbocycles. The van der Waals surface area contributed by atoms with Crippen LogP contribution < -0.4 is 0 Å². The van der Waals surface area contributed by atoms with Gasteiger partial charge in [-0.3, -0.25) is 0 Å². The molecule has 0 heterocycles. The predicted molar refractivity (Wildman–Crippen MR) is 52.1 cm³/mol. The van der Waals surface area contributed by atoms with E-state index in [1.54, 1.807) is 0 Å². The molecule has 0 aliphatic heterocycles. The maximum absolute atomic E-state index is 10.8. The Morgan fingerprint density at radius 1 is 0.875 bits per heavy atom. The zero-order valence-corrected chi connectivity index (χ0v) is 8.22. The maximum atomic E-state index is 10.8. The molecule has 0 amide bonds. The molecule has 0 saturated heterocycles. The van der Waals surface area contributed by atoms with Crippen molar-refractivity contribution in [2.75, 3.05) is 0 Å². The number of benzene rings is 1.